The second kappa shape index (κ2) is 5.63. The fourth-order valence-corrected chi connectivity index (χ4v) is 0.799. The maximum Gasteiger partial charge on any atom is 0.408 e. The number of alkyl halides is 2. The zero-order chi connectivity index (χ0) is 12.1. The molecule has 4 nitrogen and oxygen atoms in total. The molecule has 0 fully saturated rings. The summed E-state index contributed by atoms with van der Waals surface area (Å²) in [6.45, 7) is 4.90. The molecule has 0 bridgehead atoms. The lowest BCUT2D eigenvalue weighted by Gasteiger charge is -2.21. The molecule has 0 saturated carbocycles. The van der Waals surface area contributed by atoms with Gasteiger partial charge in [-0.1, -0.05) is 0 Å². The molecule has 0 rings (SSSR count). The van der Waals surface area contributed by atoms with Gasteiger partial charge >= 0.3 is 6.09 Å². The van der Waals surface area contributed by atoms with E-state index < -0.39 is 30.6 Å². The van der Waals surface area contributed by atoms with Gasteiger partial charge in [-0.3, -0.25) is 0 Å². The van der Waals surface area contributed by atoms with E-state index in [0.717, 1.165) is 0 Å². The summed E-state index contributed by atoms with van der Waals surface area (Å²) in [4.78, 5) is 21.4. The van der Waals surface area contributed by atoms with Crippen molar-refractivity contribution in [2.24, 2.45) is 0 Å². The Kier molecular flexibility index (Phi) is 5.18. The van der Waals surface area contributed by atoms with Gasteiger partial charge in [0.25, 0.3) is 0 Å². The van der Waals surface area contributed by atoms with Crippen molar-refractivity contribution in [1.82, 2.24) is 5.32 Å². The van der Waals surface area contributed by atoms with Crippen molar-refractivity contribution in [3.8, 4) is 0 Å². The van der Waals surface area contributed by atoms with Crippen LogP contribution in [0.5, 0.6) is 0 Å². The summed E-state index contributed by atoms with van der Waals surface area (Å²) < 4.78 is 28.6. The van der Waals surface area contributed by atoms with E-state index in [4.69, 9.17) is 4.74 Å². The van der Waals surface area contributed by atoms with Crippen LogP contribution in [0.15, 0.2) is 0 Å². The molecule has 0 aromatic carbocycles. The molecule has 88 valence electrons. The Morgan fingerprint density at radius 1 is 1.47 bits per heavy atom. The lowest BCUT2D eigenvalue weighted by Crippen LogP contribution is -2.40. The molecule has 0 heterocycles. The van der Waals surface area contributed by atoms with Gasteiger partial charge in [0.2, 0.25) is 6.43 Å². The number of aldehydes is 1. The first-order valence-electron chi connectivity index (χ1n) is 4.47. The second-order valence-electron chi connectivity index (χ2n) is 4.02. The van der Waals surface area contributed by atoms with Crippen LogP contribution in [0.4, 0.5) is 13.6 Å². The van der Waals surface area contributed by atoms with Crippen molar-refractivity contribution in [1.29, 1.82) is 0 Å². The Morgan fingerprint density at radius 2 is 2.00 bits per heavy atom. The summed E-state index contributed by atoms with van der Waals surface area (Å²) in [5, 5.41) is 2.05. The normalized spacial score (nSPS) is 13.5. The van der Waals surface area contributed by atoms with Crippen LogP contribution in [-0.4, -0.2) is 30.4 Å². The van der Waals surface area contributed by atoms with Crippen LogP contribution < -0.4 is 5.32 Å². The van der Waals surface area contributed by atoms with Crippen LogP contribution in [0.3, 0.4) is 0 Å². The largest absolute Gasteiger partial charge is 0.444 e. The van der Waals surface area contributed by atoms with Crippen LogP contribution in [0.2, 0.25) is 0 Å². The number of alkyl carbamates (subject to hydrolysis) is 1. The molecule has 1 amide bonds. The highest BCUT2D eigenvalue weighted by Gasteiger charge is 2.21. The number of rotatable bonds is 4. The predicted octanol–water partition coefficient (Wildman–Crippen LogP) is 1.73. The number of hydrogen-bond donors (Lipinski definition) is 1. The third-order valence-electron chi connectivity index (χ3n) is 1.30. The average molecular weight is 223 g/mol. The molecule has 1 atom stereocenters. The van der Waals surface area contributed by atoms with Crippen molar-refractivity contribution in [2.45, 2.75) is 45.3 Å². The number of amides is 1. The Bertz CT molecular complexity index is 226. The fraction of sp³-hybridized carbons (Fsp3) is 0.778. The third-order valence-corrected chi connectivity index (χ3v) is 1.30. The SMILES string of the molecule is CC(C)(C)OC(=O)N[C@H](C=O)CC(F)F. The molecule has 0 unspecified atom stereocenters. The Morgan fingerprint density at radius 3 is 2.33 bits per heavy atom. The molecular formula is C9H15F2NO3. The van der Waals surface area contributed by atoms with E-state index >= 15 is 0 Å². The van der Waals surface area contributed by atoms with Gasteiger partial charge in [-0.2, -0.15) is 0 Å². The van der Waals surface area contributed by atoms with Crippen molar-refractivity contribution < 1.29 is 23.1 Å². The summed E-state index contributed by atoms with van der Waals surface area (Å²) in [7, 11) is 0. The van der Waals surface area contributed by atoms with Crippen LogP contribution >= 0.6 is 0 Å². The summed E-state index contributed by atoms with van der Waals surface area (Å²) >= 11 is 0. The number of carbonyl (C=O) groups is 2. The minimum atomic E-state index is -2.64. The van der Waals surface area contributed by atoms with Gasteiger partial charge in [0.1, 0.15) is 11.9 Å². The van der Waals surface area contributed by atoms with Gasteiger partial charge in [0.05, 0.1) is 6.04 Å². The lowest BCUT2D eigenvalue weighted by molar-refractivity contribution is -0.110. The molecular weight excluding hydrogens is 208 g/mol. The highest BCUT2D eigenvalue weighted by molar-refractivity contribution is 5.73. The van der Waals surface area contributed by atoms with Crippen LogP contribution in [0.25, 0.3) is 0 Å². The first-order chi connectivity index (χ1) is 6.74. The van der Waals surface area contributed by atoms with E-state index in [1.807, 2.05) is 5.32 Å². The van der Waals surface area contributed by atoms with E-state index in [1.54, 1.807) is 20.8 Å². The molecule has 0 aliphatic carbocycles. The van der Waals surface area contributed by atoms with Gasteiger partial charge in [-0.25, -0.2) is 13.6 Å². The maximum absolute atomic E-state index is 11.9. The van der Waals surface area contributed by atoms with E-state index in [2.05, 4.69) is 0 Å². The Balaban J connectivity index is 4.08. The van der Waals surface area contributed by atoms with E-state index in [1.165, 1.54) is 0 Å². The number of halogens is 2. The molecule has 0 aromatic heterocycles. The maximum atomic E-state index is 11.9. The molecule has 0 aliphatic heterocycles. The fourth-order valence-electron chi connectivity index (χ4n) is 0.799. The summed E-state index contributed by atoms with van der Waals surface area (Å²) in [5.74, 6) is 0. The number of ether oxygens (including phenoxy) is 1. The highest BCUT2D eigenvalue weighted by atomic mass is 19.3. The monoisotopic (exact) mass is 223 g/mol. The molecule has 0 aromatic rings. The van der Waals surface area contributed by atoms with Crippen LogP contribution in [0, 0.1) is 0 Å². The molecule has 15 heavy (non-hydrogen) atoms. The van der Waals surface area contributed by atoms with E-state index in [-0.39, 0.29) is 6.29 Å². The van der Waals surface area contributed by atoms with Gasteiger partial charge in [-0.15, -0.1) is 0 Å². The highest BCUT2D eigenvalue weighted by Crippen LogP contribution is 2.08. The zero-order valence-corrected chi connectivity index (χ0v) is 8.92. The minimum Gasteiger partial charge on any atom is -0.444 e. The van der Waals surface area contributed by atoms with Crippen molar-refractivity contribution in [3.05, 3.63) is 0 Å². The molecule has 6 heteroatoms. The van der Waals surface area contributed by atoms with Crippen molar-refractivity contribution in [2.75, 3.05) is 0 Å². The first-order valence-corrected chi connectivity index (χ1v) is 4.47. The predicted molar refractivity (Wildman–Crippen MR) is 49.8 cm³/mol. The van der Waals surface area contributed by atoms with Crippen LogP contribution in [0.1, 0.15) is 27.2 Å². The smallest absolute Gasteiger partial charge is 0.408 e. The van der Waals surface area contributed by atoms with E-state index in [9.17, 15) is 18.4 Å². The summed E-state index contributed by atoms with van der Waals surface area (Å²) in [5.41, 5.74) is -0.720. The molecule has 0 spiro atoms. The standard InChI is InChI=1S/C9H15F2NO3/c1-9(2,3)15-8(14)12-6(5-13)4-7(10)11/h5-7H,4H2,1-3H3,(H,12,14)/t6-/m0/s1. The molecule has 0 aliphatic rings. The topological polar surface area (TPSA) is 55.4 Å². The molecule has 0 saturated heterocycles. The van der Waals surface area contributed by atoms with Gasteiger partial charge in [0, 0.05) is 6.42 Å². The second-order valence-corrected chi connectivity index (χ2v) is 4.02. The van der Waals surface area contributed by atoms with Crippen molar-refractivity contribution in [3.63, 3.8) is 0 Å². The Hall–Kier alpha value is -1.20. The third kappa shape index (κ3) is 7.84. The lowest BCUT2D eigenvalue weighted by atomic mass is 10.2. The quantitative estimate of drug-likeness (QED) is 0.738. The zero-order valence-electron chi connectivity index (χ0n) is 8.92. The van der Waals surface area contributed by atoms with Gasteiger partial charge in [-0.05, 0) is 20.8 Å². The molecule has 1 N–H and O–H groups in total. The molecule has 0 radical (unpaired) electrons. The summed E-state index contributed by atoms with van der Waals surface area (Å²) in [6, 6.07) is -1.21. The number of carbonyl (C=O) groups excluding carboxylic acids is 2. The Labute approximate surface area is 87.0 Å². The summed E-state index contributed by atoms with van der Waals surface area (Å²) in [6.07, 6.45) is -3.96. The number of nitrogens with one attached hydrogen (secondary N) is 1. The van der Waals surface area contributed by atoms with Gasteiger partial charge < -0.3 is 14.8 Å². The van der Waals surface area contributed by atoms with Gasteiger partial charge in [0.15, 0.2) is 0 Å². The first kappa shape index (κ1) is 13.8. The average Bonchev–Trinajstić information content (AvgIpc) is 1.98. The van der Waals surface area contributed by atoms with Crippen LogP contribution in [-0.2, 0) is 9.53 Å². The van der Waals surface area contributed by atoms with Crippen molar-refractivity contribution >= 4 is 12.4 Å². The number of hydrogen-bond acceptors (Lipinski definition) is 3. The minimum absolute atomic E-state index is 0.260. The van der Waals surface area contributed by atoms with E-state index in [0.29, 0.717) is 0 Å².